The lowest BCUT2D eigenvalue weighted by Gasteiger charge is -2.12. The molecule has 0 aliphatic heterocycles. The Bertz CT molecular complexity index is 1090. The van der Waals surface area contributed by atoms with Gasteiger partial charge in [-0.1, -0.05) is 29.5 Å². The van der Waals surface area contributed by atoms with Gasteiger partial charge in [-0.3, -0.25) is 4.79 Å². The Morgan fingerprint density at radius 3 is 2.24 bits per heavy atom. The van der Waals surface area contributed by atoms with Crippen molar-refractivity contribution >= 4 is 23.4 Å². The summed E-state index contributed by atoms with van der Waals surface area (Å²) in [6.45, 7) is 3.79. The largest absolute Gasteiger partial charge is 0.463 e. The molecule has 0 aliphatic carbocycles. The molecule has 3 heterocycles. The van der Waals surface area contributed by atoms with Gasteiger partial charge in [-0.15, -0.1) is 10.2 Å². The van der Waals surface area contributed by atoms with Gasteiger partial charge in [0.2, 0.25) is 11.1 Å². The predicted molar refractivity (Wildman–Crippen MR) is 110 cm³/mol. The normalized spacial score (nSPS) is 11.9. The molecule has 1 amide bonds. The zero-order valence-corrected chi connectivity index (χ0v) is 16.6. The Morgan fingerprint density at radius 1 is 0.966 bits per heavy atom. The number of carbonyl (C=O) groups excluding carboxylic acids is 1. The van der Waals surface area contributed by atoms with Crippen molar-refractivity contribution < 1.29 is 13.6 Å². The standard InChI is InChI=1S/C21H18N4O3S/c1-13-7-9-15(10-8-13)22-20(26)14(2)29-21-23-18(16-5-3-11-27-16)19(24-25-21)17-6-4-12-28-17/h3-12,14H,1-2H3,(H,22,26). The maximum absolute atomic E-state index is 12.5. The van der Waals surface area contributed by atoms with Gasteiger partial charge >= 0.3 is 0 Å². The summed E-state index contributed by atoms with van der Waals surface area (Å²) in [7, 11) is 0. The number of rotatable bonds is 6. The lowest BCUT2D eigenvalue weighted by atomic mass is 10.2. The van der Waals surface area contributed by atoms with E-state index in [-0.39, 0.29) is 5.91 Å². The van der Waals surface area contributed by atoms with E-state index in [0.717, 1.165) is 11.3 Å². The first-order chi connectivity index (χ1) is 14.1. The van der Waals surface area contributed by atoms with Crippen LogP contribution < -0.4 is 5.32 Å². The molecule has 1 atom stereocenters. The molecule has 1 aromatic carbocycles. The van der Waals surface area contributed by atoms with Gasteiger partial charge in [0.1, 0.15) is 5.69 Å². The fourth-order valence-electron chi connectivity index (χ4n) is 2.62. The summed E-state index contributed by atoms with van der Waals surface area (Å²) in [6, 6.07) is 14.7. The molecule has 8 heteroatoms. The van der Waals surface area contributed by atoms with Crippen LogP contribution in [-0.2, 0) is 4.79 Å². The van der Waals surface area contributed by atoms with Gasteiger partial charge < -0.3 is 14.2 Å². The average Bonchev–Trinajstić information content (AvgIpc) is 3.44. The van der Waals surface area contributed by atoms with Gasteiger partial charge in [0.25, 0.3) is 0 Å². The molecular formula is C21H18N4O3S. The third-order valence-electron chi connectivity index (χ3n) is 4.15. The van der Waals surface area contributed by atoms with E-state index >= 15 is 0 Å². The number of thioether (sulfide) groups is 1. The number of nitrogens with one attached hydrogen (secondary N) is 1. The first-order valence-corrected chi connectivity index (χ1v) is 9.85. The molecule has 0 fully saturated rings. The zero-order chi connectivity index (χ0) is 20.2. The molecule has 0 saturated carbocycles. The van der Waals surface area contributed by atoms with E-state index in [1.165, 1.54) is 11.8 Å². The first kappa shape index (κ1) is 18.9. The lowest BCUT2D eigenvalue weighted by molar-refractivity contribution is -0.115. The number of furan rings is 2. The van der Waals surface area contributed by atoms with Gasteiger partial charge in [-0.25, -0.2) is 4.98 Å². The summed E-state index contributed by atoms with van der Waals surface area (Å²) in [5.41, 5.74) is 2.86. The number of hydrogen-bond donors (Lipinski definition) is 1. The number of nitrogens with zero attached hydrogens (tertiary/aromatic N) is 3. The quantitative estimate of drug-likeness (QED) is 0.459. The second-order valence-corrected chi connectivity index (χ2v) is 7.67. The molecule has 1 unspecified atom stereocenters. The molecule has 7 nitrogen and oxygen atoms in total. The van der Waals surface area contributed by atoms with Crippen molar-refractivity contribution in [1.82, 2.24) is 15.2 Å². The molecule has 4 aromatic rings. The summed E-state index contributed by atoms with van der Waals surface area (Å²) in [5, 5.41) is 11.3. The number of aromatic nitrogens is 3. The van der Waals surface area contributed by atoms with Gasteiger partial charge in [0.05, 0.1) is 17.8 Å². The highest BCUT2D eigenvalue weighted by atomic mass is 32.2. The van der Waals surface area contributed by atoms with Crippen LogP contribution in [0.2, 0.25) is 0 Å². The predicted octanol–water partition coefficient (Wildman–Crippen LogP) is 4.82. The maximum Gasteiger partial charge on any atom is 0.237 e. The fraction of sp³-hybridized carbons (Fsp3) is 0.143. The van der Waals surface area contributed by atoms with Crippen LogP contribution in [0.1, 0.15) is 12.5 Å². The van der Waals surface area contributed by atoms with Crippen LogP contribution in [0.4, 0.5) is 5.69 Å². The second-order valence-electron chi connectivity index (χ2n) is 6.36. The molecule has 1 N–H and O–H groups in total. The molecule has 0 saturated heterocycles. The van der Waals surface area contributed by atoms with Gasteiger partial charge in [0, 0.05) is 5.69 Å². The Labute approximate surface area is 171 Å². The highest BCUT2D eigenvalue weighted by Gasteiger charge is 2.21. The second kappa shape index (κ2) is 8.32. The molecule has 29 heavy (non-hydrogen) atoms. The molecule has 0 spiro atoms. The van der Waals surface area contributed by atoms with E-state index < -0.39 is 5.25 Å². The van der Waals surface area contributed by atoms with Crippen LogP contribution in [0, 0.1) is 6.92 Å². The number of carbonyl (C=O) groups is 1. The van der Waals surface area contributed by atoms with Crippen LogP contribution in [0.15, 0.2) is 75.0 Å². The van der Waals surface area contributed by atoms with E-state index in [1.807, 2.05) is 31.2 Å². The summed E-state index contributed by atoms with van der Waals surface area (Å²) < 4.78 is 10.9. The minimum atomic E-state index is -0.419. The maximum atomic E-state index is 12.5. The molecule has 4 rings (SSSR count). The number of anilines is 1. The van der Waals surface area contributed by atoms with Crippen molar-refractivity contribution in [3.05, 3.63) is 66.6 Å². The van der Waals surface area contributed by atoms with Crippen LogP contribution in [0.25, 0.3) is 22.9 Å². The lowest BCUT2D eigenvalue weighted by Crippen LogP contribution is -2.22. The first-order valence-electron chi connectivity index (χ1n) is 8.97. The molecular weight excluding hydrogens is 388 g/mol. The molecule has 0 radical (unpaired) electrons. The highest BCUT2D eigenvalue weighted by Crippen LogP contribution is 2.31. The molecule has 0 bridgehead atoms. The monoisotopic (exact) mass is 406 g/mol. The van der Waals surface area contributed by atoms with E-state index in [2.05, 4.69) is 20.5 Å². The van der Waals surface area contributed by atoms with Crippen molar-refractivity contribution in [2.24, 2.45) is 0 Å². The topological polar surface area (TPSA) is 94.1 Å². The molecule has 146 valence electrons. The van der Waals surface area contributed by atoms with E-state index in [0.29, 0.717) is 28.1 Å². The number of hydrogen-bond acceptors (Lipinski definition) is 7. The zero-order valence-electron chi connectivity index (χ0n) is 15.8. The van der Waals surface area contributed by atoms with Crippen molar-refractivity contribution in [3.63, 3.8) is 0 Å². The van der Waals surface area contributed by atoms with Crippen molar-refractivity contribution in [2.75, 3.05) is 5.32 Å². The Balaban J connectivity index is 1.54. The van der Waals surface area contributed by atoms with Crippen molar-refractivity contribution in [1.29, 1.82) is 0 Å². The Hall–Kier alpha value is -3.39. The number of benzene rings is 1. The van der Waals surface area contributed by atoms with Crippen LogP contribution in [-0.4, -0.2) is 26.3 Å². The van der Waals surface area contributed by atoms with E-state index in [1.54, 1.807) is 43.7 Å². The summed E-state index contributed by atoms with van der Waals surface area (Å²) in [6.07, 6.45) is 3.12. The van der Waals surface area contributed by atoms with Crippen LogP contribution in [0.3, 0.4) is 0 Å². The molecule has 3 aromatic heterocycles. The minimum absolute atomic E-state index is 0.142. The minimum Gasteiger partial charge on any atom is -0.463 e. The third kappa shape index (κ3) is 4.38. The third-order valence-corrected chi connectivity index (χ3v) is 5.10. The van der Waals surface area contributed by atoms with E-state index in [9.17, 15) is 4.79 Å². The van der Waals surface area contributed by atoms with Crippen molar-refractivity contribution in [2.45, 2.75) is 24.3 Å². The summed E-state index contributed by atoms with van der Waals surface area (Å²) in [5.74, 6) is 0.945. The highest BCUT2D eigenvalue weighted by molar-refractivity contribution is 8.00. The number of aryl methyl sites for hydroxylation is 1. The van der Waals surface area contributed by atoms with E-state index in [4.69, 9.17) is 8.83 Å². The number of amides is 1. The fourth-order valence-corrected chi connectivity index (χ4v) is 3.33. The molecule has 0 aliphatic rings. The summed E-state index contributed by atoms with van der Waals surface area (Å²) >= 11 is 1.22. The smallest absolute Gasteiger partial charge is 0.237 e. The summed E-state index contributed by atoms with van der Waals surface area (Å²) in [4.78, 5) is 17.1. The van der Waals surface area contributed by atoms with Gasteiger partial charge in [-0.05, 0) is 50.2 Å². The van der Waals surface area contributed by atoms with Crippen LogP contribution in [0.5, 0.6) is 0 Å². The van der Waals surface area contributed by atoms with Crippen LogP contribution >= 0.6 is 11.8 Å². The van der Waals surface area contributed by atoms with Gasteiger partial charge in [0.15, 0.2) is 17.2 Å². The van der Waals surface area contributed by atoms with Gasteiger partial charge in [-0.2, -0.15) is 0 Å². The average molecular weight is 406 g/mol. The Kier molecular flexibility index (Phi) is 5.44. The Morgan fingerprint density at radius 2 is 1.62 bits per heavy atom. The SMILES string of the molecule is Cc1ccc(NC(=O)C(C)Sc2nnc(-c3ccco3)c(-c3ccco3)n2)cc1. The van der Waals surface area contributed by atoms with Crippen molar-refractivity contribution in [3.8, 4) is 22.9 Å².